The molecule has 1 rings (SSSR count). The molecule has 0 amide bonds. The summed E-state index contributed by atoms with van der Waals surface area (Å²) in [6, 6.07) is 2.85. The number of sulfonamides is 1. The molecule has 2 N–H and O–H groups in total. The molecule has 20 heavy (non-hydrogen) atoms. The fourth-order valence-corrected chi connectivity index (χ4v) is 3.97. The van der Waals surface area contributed by atoms with Crippen molar-refractivity contribution in [1.82, 2.24) is 4.31 Å². The maximum atomic E-state index is 12.8. The highest BCUT2D eigenvalue weighted by Crippen LogP contribution is 2.32. The summed E-state index contributed by atoms with van der Waals surface area (Å²) in [5.74, 6) is 0. The average molecular weight is 319 g/mol. The first-order valence-corrected chi connectivity index (χ1v) is 8.24. The summed E-state index contributed by atoms with van der Waals surface area (Å²) in [5, 5.41) is 0.323. The van der Waals surface area contributed by atoms with Crippen molar-refractivity contribution in [2.45, 2.75) is 45.6 Å². The van der Waals surface area contributed by atoms with Crippen LogP contribution in [0.3, 0.4) is 0 Å². The van der Waals surface area contributed by atoms with Crippen molar-refractivity contribution in [3.8, 4) is 0 Å². The Morgan fingerprint density at radius 3 is 2.25 bits per heavy atom. The van der Waals surface area contributed by atoms with Crippen molar-refractivity contribution < 1.29 is 8.42 Å². The number of nitrogens with two attached hydrogens (primary N) is 1. The molecular formula is C14H23ClN2O2S. The van der Waals surface area contributed by atoms with E-state index in [2.05, 4.69) is 0 Å². The van der Waals surface area contributed by atoms with Gasteiger partial charge in [-0.25, -0.2) is 8.42 Å². The van der Waals surface area contributed by atoms with Crippen molar-refractivity contribution in [2.24, 2.45) is 5.41 Å². The predicted octanol–water partition coefficient (Wildman–Crippen LogP) is 3.29. The quantitative estimate of drug-likeness (QED) is 0.870. The average Bonchev–Trinajstić information content (AvgIpc) is 2.30. The highest BCUT2D eigenvalue weighted by Gasteiger charge is 2.33. The number of anilines is 1. The third-order valence-corrected chi connectivity index (χ3v) is 6.09. The van der Waals surface area contributed by atoms with Crippen LogP contribution in [0.5, 0.6) is 0 Å². The summed E-state index contributed by atoms with van der Waals surface area (Å²) in [6.07, 6.45) is 0. The Balaban J connectivity index is 3.38. The van der Waals surface area contributed by atoms with Gasteiger partial charge in [0.1, 0.15) is 0 Å². The molecule has 1 atom stereocenters. The molecule has 0 radical (unpaired) electrons. The molecule has 0 aromatic heterocycles. The lowest BCUT2D eigenvalue weighted by Gasteiger charge is -2.34. The second kappa shape index (κ2) is 5.54. The molecule has 1 unspecified atom stereocenters. The van der Waals surface area contributed by atoms with E-state index in [0.717, 1.165) is 0 Å². The zero-order chi connectivity index (χ0) is 15.9. The SMILES string of the molecule is Cc1c(N)cc(Cl)cc1S(=O)(=O)N(C)C(C)C(C)(C)C. The smallest absolute Gasteiger partial charge is 0.243 e. The van der Waals surface area contributed by atoms with Gasteiger partial charge in [-0.3, -0.25) is 0 Å². The minimum Gasteiger partial charge on any atom is -0.398 e. The summed E-state index contributed by atoms with van der Waals surface area (Å²) in [5.41, 5.74) is 6.56. The third-order valence-electron chi connectivity index (χ3n) is 3.82. The first-order valence-electron chi connectivity index (χ1n) is 6.42. The minimum atomic E-state index is -3.63. The van der Waals surface area contributed by atoms with E-state index in [1.54, 1.807) is 20.0 Å². The van der Waals surface area contributed by atoms with Crippen LogP contribution in [0.25, 0.3) is 0 Å². The monoisotopic (exact) mass is 318 g/mol. The Bertz CT molecular complexity index is 606. The highest BCUT2D eigenvalue weighted by molar-refractivity contribution is 7.89. The van der Waals surface area contributed by atoms with Crippen LogP contribution in [0.1, 0.15) is 33.3 Å². The van der Waals surface area contributed by atoms with Crippen LogP contribution < -0.4 is 5.73 Å². The maximum absolute atomic E-state index is 12.8. The number of nitrogens with zero attached hydrogens (tertiary/aromatic N) is 1. The fourth-order valence-electron chi connectivity index (χ4n) is 1.85. The number of rotatable bonds is 3. The molecule has 0 aliphatic rings. The van der Waals surface area contributed by atoms with E-state index in [0.29, 0.717) is 16.3 Å². The van der Waals surface area contributed by atoms with Gasteiger partial charge < -0.3 is 5.73 Å². The molecule has 1 aromatic carbocycles. The number of hydrogen-bond donors (Lipinski definition) is 1. The van der Waals surface area contributed by atoms with Crippen molar-refractivity contribution >= 4 is 27.3 Å². The van der Waals surface area contributed by atoms with Crippen LogP contribution in [0.4, 0.5) is 5.69 Å². The molecule has 0 aliphatic heterocycles. The van der Waals surface area contributed by atoms with Crippen molar-refractivity contribution in [3.05, 3.63) is 22.7 Å². The number of halogens is 1. The summed E-state index contributed by atoms with van der Waals surface area (Å²) in [4.78, 5) is 0.168. The second-order valence-electron chi connectivity index (χ2n) is 6.18. The molecule has 4 nitrogen and oxygen atoms in total. The van der Waals surface area contributed by atoms with Crippen LogP contribution in [0.15, 0.2) is 17.0 Å². The predicted molar refractivity (Wildman–Crippen MR) is 84.5 cm³/mol. The lowest BCUT2D eigenvalue weighted by molar-refractivity contribution is 0.216. The Morgan fingerprint density at radius 1 is 1.30 bits per heavy atom. The van der Waals surface area contributed by atoms with Crippen molar-refractivity contribution in [1.29, 1.82) is 0 Å². The molecule has 0 fully saturated rings. The summed E-state index contributed by atoms with van der Waals surface area (Å²) in [6.45, 7) is 9.59. The van der Waals surface area contributed by atoms with E-state index in [1.807, 2.05) is 27.7 Å². The molecular weight excluding hydrogens is 296 g/mol. The van der Waals surface area contributed by atoms with Gasteiger partial charge in [0.25, 0.3) is 0 Å². The number of nitrogen functional groups attached to an aromatic ring is 1. The van der Waals surface area contributed by atoms with E-state index >= 15 is 0 Å². The maximum Gasteiger partial charge on any atom is 0.243 e. The van der Waals surface area contributed by atoms with Gasteiger partial charge in [-0.1, -0.05) is 32.4 Å². The first-order chi connectivity index (χ1) is 8.89. The highest BCUT2D eigenvalue weighted by atomic mass is 35.5. The van der Waals surface area contributed by atoms with Crippen LogP contribution in [0.2, 0.25) is 5.02 Å². The van der Waals surface area contributed by atoms with E-state index in [4.69, 9.17) is 17.3 Å². The normalized spacial score (nSPS) is 14.6. The lowest BCUT2D eigenvalue weighted by Crippen LogP contribution is -2.43. The molecule has 0 heterocycles. The van der Waals surface area contributed by atoms with E-state index < -0.39 is 10.0 Å². The van der Waals surface area contributed by atoms with Gasteiger partial charge in [0.15, 0.2) is 0 Å². The van der Waals surface area contributed by atoms with Crippen LogP contribution in [-0.4, -0.2) is 25.8 Å². The fraction of sp³-hybridized carbons (Fsp3) is 0.571. The molecule has 0 saturated heterocycles. The Labute approximate surface area is 127 Å². The molecule has 0 bridgehead atoms. The van der Waals surface area contributed by atoms with Gasteiger partial charge in [-0.2, -0.15) is 4.31 Å². The molecule has 1 aromatic rings. The Kier molecular flexibility index (Phi) is 4.79. The second-order valence-corrected chi connectivity index (χ2v) is 8.58. The Morgan fingerprint density at radius 2 is 1.80 bits per heavy atom. The summed E-state index contributed by atoms with van der Waals surface area (Å²) in [7, 11) is -2.04. The lowest BCUT2D eigenvalue weighted by atomic mass is 9.88. The van der Waals surface area contributed by atoms with Crippen LogP contribution >= 0.6 is 11.6 Å². The van der Waals surface area contributed by atoms with Crippen LogP contribution in [0, 0.1) is 12.3 Å². The summed E-state index contributed by atoms with van der Waals surface area (Å²) >= 11 is 5.94. The third kappa shape index (κ3) is 3.27. The van der Waals surface area contributed by atoms with Crippen molar-refractivity contribution in [3.63, 3.8) is 0 Å². The number of hydrogen-bond acceptors (Lipinski definition) is 3. The van der Waals surface area contributed by atoms with Gasteiger partial charge in [-0.05, 0) is 37.0 Å². The minimum absolute atomic E-state index is 0.160. The molecule has 0 saturated carbocycles. The molecule has 114 valence electrons. The standard InChI is InChI=1S/C14H23ClN2O2S/c1-9-12(16)7-11(15)8-13(9)20(18,19)17(6)10(2)14(3,4)5/h7-8,10H,16H2,1-6H3. The van der Waals surface area contributed by atoms with E-state index in [-0.39, 0.29) is 16.4 Å². The van der Waals surface area contributed by atoms with Gasteiger partial charge in [0, 0.05) is 23.8 Å². The van der Waals surface area contributed by atoms with Gasteiger partial charge in [0.2, 0.25) is 10.0 Å². The zero-order valence-corrected chi connectivity index (χ0v) is 14.4. The molecule has 6 heteroatoms. The van der Waals surface area contributed by atoms with Gasteiger partial charge >= 0.3 is 0 Å². The van der Waals surface area contributed by atoms with Crippen molar-refractivity contribution in [2.75, 3.05) is 12.8 Å². The van der Waals surface area contributed by atoms with Gasteiger partial charge in [-0.15, -0.1) is 0 Å². The topological polar surface area (TPSA) is 63.4 Å². The molecule has 0 spiro atoms. The summed E-state index contributed by atoms with van der Waals surface area (Å²) < 4.78 is 26.9. The molecule has 0 aliphatic carbocycles. The van der Waals surface area contributed by atoms with Gasteiger partial charge in [0.05, 0.1) is 4.90 Å². The zero-order valence-electron chi connectivity index (χ0n) is 12.9. The Hall–Kier alpha value is -0.780. The largest absolute Gasteiger partial charge is 0.398 e. The number of benzene rings is 1. The van der Waals surface area contributed by atoms with Crippen LogP contribution in [-0.2, 0) is 10.0 Å². The first kappa shape index (κ1) is 17.3. The van der Waals surface area contributed by atoms with E-state index in [9.17, 15) is 8.42 Å². The van der Waals surface area contributed by atoms with E-state index in [1.165, 1.54) is 10.4 Å².